The molecule has 0 aromatic heterocycles. The molecule has 2 aromatic rings. The molecular formula is C21H26O7S. The molecule has 2 aromatic carbocycles. The highest BCUT2D eigenvalue weighted by Crippen LogP contribution is 2.27. The van der Waals surface area contributed by atoms with E-state index in [1.165, 1.54) is 12.1 Å². The molecule has 158 valence electrons. The number of aryl methyl sites for hydroxylation is 1. The second-order valence-electron chi connectivity index (χ2n) is 7.30. The first-order valence-corrected chi connectivity index (χ1v) is 10.8. The van der Waals surface area contributed by atoms with Gasteiger partial charge >= 0.3 is 0 Å². The van der Waals surface area contributed by atoms with Gasteiger partial charge in [-0.05, 0) is 38.5 Å². The van der Waals surface area contributed by atoms with Crippen LogP contribution in [0.3, 0.4) is 0 Å². The molecule has 1 heterocycles. The van der Waals surface area contributed by atoms with Crippen LogP contribution in [0.1, 0.15) is 25.0 Å². The van der Waals surface area contributed by atoms with E-state index in [-0.39, 0.29) is 24.7 Å². The zero-order valence-electron chi connectivity index (χ0n) is 16.7. The number of hydrogen-bond donors (Lipinski definition) is 0. The molecule has 1 aliphatic heterocycles. The Balaban J connectivity index is 1.65. The van der Waals surface area contributed by atoms with Crippen LogP contribution in [0, 0.1) is 6.92 Å². The Bertz CT molecular complexity index is 879. The molecule has 0 bridgehead atoms. The maximum Gasteiger partial charge on any atom is 0.297 e. The molecule has 3 rings (SSSR count). The highest BCUT2D eigenvalue weighted by atomic mass is 32.2. The molecule has 29 heavy (non-hydrogen) atoms. The summed E-state index contributed by atoms with van der Waals surface area (Å²) in [5.41, 5.74) is 1.88. The topological polar surface area (TPSA) is 80.3 Å². The van der Waals surface area contributed by atoms with Crippen LogP contribution in [0.25, 0.3) is 0 Å². The second-order valence-corrected chi connectivity index (χ2v) is 8.87. The smallest absolute Gasteiger partial charge is 0.297 e. The van der Waals surface area contributed by atoms with Crippen molar-refractivity contribution in [3.8, 4) is 0 Å². The lowest BCUT2D eigenvalue weighted by molar-refractivity contribution is -0.316. The summed E-state index contributed by atoms with van der Waals surface area (Å²) < 4.78 is 42.2. The van der Waals surface area contributed by atoms with Crippen molar-refractivity contribution in [2.75, 3.05) is 13.2 Å². The predicted octanol–water partition coefficient (Wildman–Crippen LogP) is 3.37. The fourth-order valence-corrected chi connectivity index (χ4v) is 3.90. The standard InChI is InChI=1S/C21H26O7S/c1-16-9-11-18(12-10-16)29(22,23)28-20(19-14-24-21(2,3)27-19)15-26-25-13-17-7-5-4-6-8-17/h4-12,19-20H,13-15H2,1-3H3/t19-,20+/m0/s1. The van der Waals surface area contributed by atoms with E-state index in [9.17, 15) is 8.42 Å². The Hall–Kier alpha value is -1.81. The molecular weight excluding hydrogens is 396 g/mol. The largest absolute Gasteiger partial charge is 0.348 e. The van der Waals surface area contributed by atoms with Crippen LogP contribution < -0.4 is 0 Å². The van der Waals surface area contributed by atoms with Crippen molar-refractivity contribution in [1.82, 2.24) is 0 Å². The molecule has 0 spiro atoms. The Morgan fingerprint density at radius 3 is 2.38 bits per heavy atom. The molecule has 0 aliphatic carbocycles. The Labute approximate surface area is 171 Å². The number of ether oxygens (including phenoxy) is 2. The predicted molar refractivity (Wildman–Crippen MR) is 105 cm³/mol. The van der Waals surface area contributed by atoms with Crippen molar-refractivity contribution < 1.29 is 31.8 Å². The van der Waals surface area contributed by atoms with E-state index < -0.39 is 28.1 Å². The summed E-state index contributed by atoms with van der Waals surface area (Å²) in [4.78, 5) is 10.5. The van der Waals surface area contributed by atoms with Gasteiger partial charge in [0.15, 0.2) is 5.79 Å². The summed E-state index contributed by atoms with van der Waals surface area (Å²) in [6, 6.07) is 15.9. The average molecular weight is 422 g/mol. The quantitative estimate of drug-likeness (QED) is 0.265. The third-order valence-electron chi connectivity index (χ3n) is 4.39. The highest BCUT2D eigenvalue weighted by molar-refractivity contribution is 7.86. The molecule has 0 amide bonds. The van der Waals surface area contributed by atoms with Crippen molar-refractivity contribution in [2.45, 2.75) is 50.3 Å². The van der Waals surface area contributed by atoms with Gasteiger partial charge < -0.3 is 9.47 Å². The SMILES string of the molecule is Cc1ccc(S(=O)(=O)O[C@H](COOCc2ccccc2)[C@@H]2COC(C)(C)O2)cc1. The summed E-state index contributed by atoms with van der Waals surface area (Å²) in [7, 11) is -4.01. The zero-order valence-corrected chi connectivity index (χ0v) is 17.6. The lowest BCUT2D eigenvalue weighted by atomic mass is 10.2. The summed E-state index contributed by atoms with van der Waals surface area (Å²) in [6.07, 6.45) is -1.55. The molecule has 2 atom stereocenters. The van der Waals surface area contributed by atoms with Gasteiger partial charge in [0.1, 0.15) is 25.4 Å². The molecule has 1 saturated heterocycles. The van der Waals surface area contributed by atoms with Gasteiger partial charge in [0.25, 0.3) is 10.1 Å². The second kappa shape index (κ2) is 9.34. The van der Waals surface area contributed by atoms with E-state index in [1.54, 1.807) is 26.0 Å². The van der Waals surface area contributed by atoms with Crippen molar-refractivity contribution in [3.05, 3.63) is 65.7 Å². The molecule has 1 fully saturated rings. The first-order chi connectivity index (χ1) is 13.8. The monoisotopic (exact) mass is 422 g/mol. The van der Waals surface area contributed by atoms with Crippen LogP contribution in [0.5, 0.6) is 0 Å². The fraction of sp³-hybridized carbons (Fsp3) is 0.429. The van der Waals surface area contributed by atoms with Gasteiger partial charge in [-0.25, -0.2) is 9.78 Å². The van der Waals surface area contributed by atoms with E-state index >= 15 is 0 Å². The highest BCUT2D eigenvalue weighted by Gasteiger charge is 2.40. The van der Waals surface area contributed by atoms with Gasteiger partial charge in [-0.15, -0.1) is 0 Å². The maximum atomic E-state index is 12.7. The van der Waals surface area contributed by atoms with Crippen LogP contribution in [0.2, 0.25) is 0 Å². The molecule has 1 aliphatic rings. The van der Waals surface area contributed by atoms with Crippen molar-refractivity contribution in [2.24, 2.45) is 0 Å². The first-order valence-electron chi connectivity index (χ1n) is 9.35. The Morgan fingerprint density at radius 1 is 1.07 bits per heavy atom. The van der Waals surface area contributed by atoms with Gasteiger partial charge in [-0.1, -0.05) is 48.0 Å². The number of hydrogen-bond acceptors (Lipinski definition) is 7. The maximum absolute atomic E-state index is 12.7. The van der Waals surface area contributed by atoms with Crippen LogP contribution >= 0.6 is 0 Å². The molecule has 0 N–H and O–H groups in total. The molecule has 0 unspecified atom stereocenters. The van der Waals surface area contributed by atoms with Gasteiger partial charge in [0, 0.05) is 0 Å². The van der Waals surface area contributed by atoms with E-state index in [1.807, 2.05) is 37.3 Å². The van der Waals surface area contributed by atoms with Crippen LogP contribution in [-0.2, 0) is 40.2 Å². The minimum Gasteiger partial charge on any atom is -0.348 e. The summed E-state index contributed by atoms with van der Waals surface area (Å²) in [6.45, 7) is 5.66. The summed E-state index contributed by atoms with van der Waals surface area (Å²) in [5.74, 6) is -0.829. The van der Waals surface area contributed by atoms with Crippen molar-refractivity contribution >= 4 is 10.1 Å². The van der Waals surface area contributed by atoms with Gasteiger partial charge in [0.05, 0.1) is 11.5 Å². The van der Waals surface area contributed by atoms with E-state index in [0.717, 1.165) is 11.1 Å². The van der Waals surface area contributed by atoms with Crippen molar-refractivity contribution in [3.63, 3.8) is 0 Å². The summed E-state index contributed by atoms with van der Waals surface area (Å²) >= 11 is 0. The first kappa shape index (κ1) is 21.9. The summed E-state index contributed by atoms with van der Waals surface area (Å²) in [5, 5.41) is 0. The number of benzene rings is 2. The molecule has 0 saturated carbocycles. The third-order valence-corrected chi connectivity index (χ3v) is 5.74. The number of rotatable bonds is 9. The normalized spacial score (nSPS) is 19.9. The minimum absolute atomic E-state index is 0.0662. The van der Waals surface area contributed by atoms with Gasteiger partial charge in [0.2, 0.25) is 0 Å². The Kier molecular flexibility index (Phi) is 7.05. The van der Waals surface area contributed by atoms with Gasteiger partial charge in [-0.3, -0.25) is 4.18 Å². The Morgan fingerprint density at radius 2 is 1.76 bits per heavy atom. The fourth-order valence-electron chi connectivity index (χ4n) is 2.82. The molecule has 0 radical (unpaired) electrons. The molecule has 7 nitrogen and oxygen atoms in total. The van der Waals surface area contributed by atoms with E-state index in [0.29, 0.717) is 0 Å². The van der Waals surface area contributed by atoms with Crippen LogP contribution in [-0.4, -0.2) is 39.6 Å². The zero-order chi connectivity index (χ0) is 20.9. The minimum atomic E-state index is -4.01. The van der Waals surface area contributed by atoms with E-state index in [4.69, 9.17) is 23.4 Å². The lowest BCUT2D eigenvalue weighted by Crippen LogP contribution is -2.38. The lowest BCUT2D eigenvalue weighted by Gasteiger charge is -2.23. The third kappa shape index (κ3) is 6.33. The van der Waals surface area contributed by atoms with Crippen LogP contribution in [0.4, 0.5) is 0 Å². The van der Waals surface area contributed by atoms with Crippen LogP contribution in [0.15, 0.2) is 59.5 Å². The average Bonchev–Trinajstić information content (AvgIpc) is 3.05. The van der Waals surface area contributed by atoms with Crippen molar-refractivity contribution in [1.29, 1.82) is 0 Å². The van der Waals surface area contributed by atoms with Gasteiger partial charge in [-0.2, -0.15) is 8.42 Å². The van der Waals surface area contributed by atoms with E-state index in [2.05, 4.69) is 0 Å². The molecule has 8 heteroatoms.